The minimum absolute atomic E-state index is 0.126. The monoisotopic (exact) mass is 394 g/mol. The van der Waals surface area contributed by atoms with Crippen molar-refractivity contribution in [2.75, 3.05) is 62.2 Å². The SMILES string of the molecule is Cc1cccc(N2CCN(c3ccc(C(=O)N4CCN(C=O)CC4)nn3)CC2)c1. The van der Waals surface area contributed by atoms with Crippen LogP contribution in [0.3, 0.4) is 0 Å². The number of aryl methyl sites for hydroxylation is 1. The molecule has 1 aromatic heterocycles. The Morgan fingerprint density at radius 2 is 1.62 bits per heavy atom. The van der Waals surface area contributed by atoms with E-state index in [1.807, 2.05) is 6.07 Å². The molecule has 0 spiro atoms. The standard InChI is InChI=1S/C21H26N6O2/c1-17-3-2-4-18(15-17)25-11-13-26(14-12-25)20-6-5-19(22-23-20)21(29)27-9-7-24(16-28)8-10-27/h2-6,15-16H,7-14H2,1H3. The van der Waals surface area contributed by atoms with Crippen LogP contribution < -0.4 is 9.80 Å². The Hall–Kier alpha value is -3.16. The maximum Gasteiger partial charge on any atom is 0.274 e. The van der Waals surface area contributed by atoms with Gasteiger partial charge in [0.05, 0.1) is 0 Å². The third-order valence-corrected chi connectivity index (χ3v) is 5.59. The van der Waals surface area contributed by atoms with E-state index in [-0.39, 0.29) is 5.91 Å². The molecule has 0 radical (unpaired) electrons. The van der Waals surface area contributed by atoms with Gasteiger partial charge in [0.15, 0.2) is 11.5 Å². The molecule has 0 unspecified atom stereocenters. The predicted octanol–water partition coefficient (Wildman–Crippen LogP) is 1.03. The number of rotatable bonds is 4. The summed E-state index contributed by atoms with van der Waals surface area (Å²) in [5.41, 5.74) is 2.88. The van der Waals surface area contributed by atoms with Gasteiger partial charge in [-0.1, -0.05) is 12.1 Å². The van der Waals surface area contributed by atoms with Crippen LogP contribution in [0.4, 0.5) is 11.5 Å². The van der Waals surface area contributed by atoms with Crippen LogP contribution in [-0.2, 0) is 4.79 Å². The van der Waals surface area contributed by atoms with Crippen molar-refractivity contribution in [1.29, 1.82) is 0 Å². The number of benzene rings is 1. The Morgan fingerprint density at radius 3 is 2.24 bits per heavy atom. The quantitative estimate of drug-likeness (QED) is 0.721. The number of hydrogen-bond acceptors (Lipinski definition) is 6. The molecular formula is C21H26N6O2. The number of hydrogen-bond donors (Lipinski definition) is 0. The molecule has 2 fully saturated rings. The second-order valence-electron chi connectivity index (χ2n) is 7.52. The molecule has 3 heterocycles. The third-order valence-electron chi connectivity index (χ3n) is 5.59. The molecule has 4 rings (SSSR count). The molecule has 0 N–H and O–H groups in total. The van der Waals surface area contributed by atoms with Gasteiger partial charge < -0.3 is 19.6 Å². The zero-order chi connectivity index (χ0) is 20.2. The minimum atomic E-state index is -0.126. The van der Waals surface area contributed by atoms with Crippen molar-refractivity contribution in [2.45, 2.75) is 6.92 Å². The van der Waals surface area contributed by atoms with E-state index >= 15 is 0 Å². The molecular weight excluding hydrogens is 368 g/mol. The van der Waals surface area contributed by atoms with Crippen LogP contribution in [0.5, 0.6) is 0 Å². The first kappa shape index (κ1) is 19.2. The second kappa shape index (κ2) is 8.46. The summed E-state index contributed by atoms with van der Waals surface area (Å²) in [7, 11) is 0. The van der Waals surface area contributed by atoms with E-state index < -0.39 is 0 Å². The van der Waals surface area contributed by atoms with Gasteiger partial charge >= 0.3 is 0 Å². The van der Waals surface area contributed by atoms with Crippen LogP contribution >= 0.6 is 0 Å². The third kappa shape index (κ3) is 4.31. The molecule has 2 saturated heterocycles. The first-order valence-corrected chi connectivity index (χ1v) is 10.0. The second-order valence-corrected chi connectivity index (χ2v) is 7.52. The lowest BCUT2D eigenvalue weighted by Gasteiger charge is -2.36. The van der Waals surface area contributed by atoms with Gasteiger partial charge in [-0.3, -0.25) is 9.59 Å². The van der Waals surface area contributed by atoms with Crippen molar-refractivity contribution < 1.29 is 9.59 Å². The van der Waals surface area contributed by atoms with E-state index in [4.69, 9.17) is 0 Å². The van der Waals surface area contributed by atoms with Crippen molar-refractivity contribution in [3.05, 3.63) is 47.7 Å². The Bertz CT molecular complexity index is 856. The lowest BCUT2D eigenvalue weighted by molar-refractivity contribution is -0.119. The van der Waals surface area contributed by atoms with Crippen molar-refractivity contribution in [1.82, 2.24) is 20.0 Å². The lowest BCUT2D eigenvalue weighted by atomic mass is 10.2. The first-order valence-electron chi connectivity index (χ1n) is 10.0. The number of nitrogens with zero attached hydrogens (tertiary/aromatic N) is 6. The van der Waals surface area contributed by atoms with E-state index in [1.54, 1.807) is 15.9 Å². The average molecular weight is 394 g/mol. The number of piperazine rings is 2. The first-order chi connectivity index (χ1) is 14.1. The van der Waals surface area contributed by atoms with Crippen molar-refractivity contribution in [2.24, 2.45) is 0 Å². The maximum atomic E-state index is 12.6. The summed E-state index contributed by atoms with van der Waals surface area (Å²) in [5.74, 6) is 0.676. The fourth-order valence-corrected chi connectivity index (χ4v) is 3.82. The topological polar surface area (TPSA) is 72.9 Å². The van der Waals surface area contributed by atoms with Crippen LogP contribution in [0, 0.1) is 6.92 Å². The van der Waals surface area contributed by atoms with E-state index in [9.17, 15) is 9.59 Å². The molecule has 29 heavy (non-hydrogen) atoms. The summed E-state index contributed by atoms with van der Waals surface area (Å²) in [5, 5.41) is 8.48. The summed E-state index contributed by atoms with van der Waals surface area (Å²) in [6, 6.07) is 12.2. The van der Waals surface area contributed by atoms with Crippen molar-refractivity contribution in [3.8, 4) is 0 Å². The number of carbonyl (C=O) groups excluding carboxylic acids is 2. The highest BCUT2D eigenvalue weighted by Crippen LogP contribution is 2.20. The fraction of sp³-hybridized carbons (Fsp3) is 0.429. The van der Waals surface area contributed by atoms with Crippen LogP contribution in [0.2, 0.25) is 0 Å². The Morgan fingerprint density at radius 1 is 0.897 bits per heavy atom. The molecule has 2 aromatic rings. The van der Waals surface area contributed by atoms with Gasteiger partial charge in [-0.25, -0.2) is 0 Å². The smallest absolute Gasteiger partial charge is 0.274 e. The molecule has 0 atom stereocenters. The van der Waals surface area contributed by atoms with Gasteiger partial charge in [0.1, 0.15) is 0 Å². The number of aromatic nitrogens is 2. The highest BCUT2D eigenvalue weighted by molar-refractivity contribution is 5.92. The highest BCUT2D eigenvalue weighted by atomic mass is 16.2. The van der Waals surface area contributed by atoms with Gasteiger partial charge in [0.25, 0.3) is 5.91 Å². The largest absolute Gasteiger partial charge is 0.368 e. The molecule has 0 saturated carbocycles. The van der Waals surface area contributed by atoms with Gasteiger partial charge in [-0.15, -0.1) is 10.2 Å². The predicted molar refractivity (Wildman–Crippen MR) is 111 cm³/mol. The van der Waals surface area contributed by atoms with E-state index in [0.717, 1.165) is 38.4 Å². The van der Waals surface area contributed by atoms with Crippen LogP contribution in [0.25, 0.3) is 0 Å². The summed E-state index contributed by atoms with van der Waals surface area (Å²) in [4.78, 5) is 31.4. The summed E-state index contributed by atoms with van der Waals surface area (Å²) in [6.07, 6.45) is 0.828. The fourth-order valence-electron chi connectivity index (χ4n) is 3.82. The van der Waals surface area contributed by atoms with Gasteiger partial charge in [0, 0.05) is 58.0 Å². The number of carbonyl (C=O) groups is 2. The molecule has 0 aliphatic carbocycles. The zero-order valence-electron chi connectivity index (χ0n) is 16.7. The summed E-state index contributed by atoms with van der Waals surface area (Å²) >= 11 is 0. The summed E-state index contributed by atoms with van der Waals surface area (Å²) in [6.45, 7) is 7.87. The van der Waals surface area contributed by atoms with Crippen molar-refractivity contribution >= 4 is 23.8 Å². The Balaban J connectivity index is 1.34. The van der Waals surface area contributed by atoms with Gasteiger partial charge in [-0.05, 0) is 36.8 Å². The minimum Gasteiger partial charge on any atom is -0.368 e. The van der Waals surface area contributed by atoms with E-state index in [2.05, 4.69) is 51.2 Å². The number of anilines is 2. The molecule has 152 valence electrons. The highest BCUT2D eigenvalue weighted by Gasteiger charge is 2.23. The Labute approximate surface area is 170 Å². The molecule has 2 aliphatic rings. The van der Waals surface area contributed by atoms with Gasteiger partial charge in [-0.2, -0.15) is 0 Å². The molecule has 8 nitrogen and oxygen atoms in total. The normalized spacial score (nSPS) is 17.4. The molecule has 1 aromatic carbocycles. The van der Waals surface area contributed by atoms with Gasteiger partial charge in [0.2, 0.25) is 6.41 Å². The molecule has 2 amide bonds. The average Bonchev–Trinajstić information content (AvgIpc) is 2.79. The van der Waals surface area contributed by atoms with Crippen LogP contribution in [0.1, 0.15) is 16.1 Å². The molecule has 0 bridgehead atoms. The van der Waals surface area contributed by atoms with Crippen molar-refractivity contribution in [3.63, 3.8) is 0 Å². The maximum absolute atomic E-state index is 12.6. The zero-order valence-corrected chi connectivity index (χ0v) is 16.7. The lowest BCUT2D eigenvalue weighted by Crippen LogP contribution is -2.48. The summed E-state index contributed by atoms with van der Waals surface area (Å²) < 4.78 is 0. The Kier molecular flexibility index (Phi) is 5.59. The van der Waals surface area contributed by atoms with Crippen LogP contribution in [0.15, 0.2) is 36.4 Å². The van der Waals surface area contributed by atoms with E-state index in [0.29, 0.717) is 31.9 Å². The molecule has 2 aliphatic heterocycles. The number of amides is 2. The molecule has 8 heteroatoms. The van der Waals surface area contributed by atoms with E-state index in [1.165, 1.54) is 11.3 Å². The van der Waals surface area contributed by atoms with Crippen LogP contribution in [-0.4, -0.2) is 84.7 Å².